The van der Waals surface area contributed by atoms with Crippen molar-refractivity contribution in [1.29, 1.82) is 0 Å². The molecule has 0 fully saturated rings. The number of carbonyl (C=O) groups excluding carboxylic acids is 1. The second kappa shape index (κ2) is 10.4. The van der Waals surface area contributed by atoms with Gasteiger partial charge >= 0.3 is 0 Å². The fourth-order valence-electron chi connectivity index (χ4n) is 0.251. The summed E-state index contributed by atoms with van der Waals surface area (Å²) in [6.07, 6.45) is 0. The van der Waals surface area contributed by atoms with Gasteiger partial charge in [0.15, 0.2) is 0 Å². The highest BCUT2D eigenvalue weighted by Gasteiger charge is 2.00. The van der Waals surface area contributed by atoms with E-state index in [4.69, 9.17) is 39.5 Å². The van der Waals surface area contributed by atoms with Crippen LogP contribution in [0.1, 0.15) is 0 Å². The Labute approximate surface area is 107 Å². The second-order valence-electron chi connectivity index (χ2n) is 1.45. The molecule has 13 heavy (non-hydrogen) atoms. The van der Waals surface area contributed by atoms with Gasteiger partial charge in [-0.1, -0.05) is 10.8 Å². The summed E-state index contributed by atoms with van der Waals surface area (Å²) in [5, 5.41) is 0. The van der Waals surface area contributed by atoms with Crippen LogP contribution in [0.4, 0.5) is 4.79 Å². The van der Waals surface area contributed by atoms with Gasteiger partial charge < -0.3 is 4.74 Å². The Morgan fingerprint density at radius 1 is 1.38 bits per heavy atom. The van der Waals surface area contributed by atoms with Crippen molar-refractivity contribution >= 4 is 80.6 Å². The van der Waals surface area contributed by atoms with Gasteiger partial charge in [-0.2, -0.15) is 0 Å². The molecule has 0 aliphatic heterocycles. The standard InChI is InChI=1S/C4H5Cl3O2S4/c5-3(6)1-9-2-10-12-13-11-4(7)8/h3H,1-2H2. The Bertz CT molecular complexity index is 147. The normalized spacial score (nSPS) is 10.8. The lowest BCUT2D eigenvalue weighted by Gasteiger charge is -2.01. The van der Waals surface area contributed by atoms with Crippen molar-refractivity contribution < 1.29 is 9.53 Å². The van der Waals surface area contributed by atoms with E-state index in [0.29, 0.717) is 12.5 Å². The zero-order valence-corrected chi connectivity index (χ0v) is 11.6. The Kier molecular flexibility index (Phi) is 11.9. The van der Waals surface area contributed by atoms with Crippen molar-refractivity contribution in [3.8, 4) is 0 Å². The van der Waals surface area contributed by atoms with Crippen LogP contribution < -0.4 is 0 Å². The Morgan fingerprint density at radius 2 is 2.08 bits per heavy atom. The molecule has 0 radical (unpaired) electrons. The van der Waals surface area contributed by atoms with Crippen molar-refractivity contribution in [3.63, 3.8) is 0 Å². The van der Waals surface area contributed by atoms with Crippen LogP contribution in [0.25, 0.3) is 0 Å². The van der Waals surface area contributed by atoms with Crippen molar-refractivity contribution in [1.82, 2.24) is 0 Å². The number of rotatable bonds is 7. The average molecular weight is 320 g/mol. The first-order valence-electron chi connectivity index (χ1n) is 2.81. The summed E-state index contributed by atoms with van der Waals surface area (Å²) in [4.78, 5) is 9.75. The highest BCUT2D eigenvalue weighted by Crippen LogP contribution is 2.43. The third-order valence-electron chi connectivity index (χ3n) is 0.551. The summed E-state index contributed by atoms with van der Waals surface area (Å²) in [6, 6.07) is 0. The third-order valence-corrected chi connectivity index (χ3v) is 6.80. The smallest absolute Gasteiger partial charge is 0.290 e. The summed E-state index contributed by atoms with van der Waals surface area (Å²) >= 11 is 15.9. The average Bonchev–Trinajstić information content (AvgIpc) is 2.01. The predicted octanol–water partition coefficient (Wildman–Crippen LogP) is 4.80. The molecule has 0 atom stereocenters. The number of hydrogen-bond donors (Lipinski definition) is 0. The summed E-state index contributed by atoms with van der Waals surface area (Å²) < 4.78 is 4.61. The molecule has 0 N–H and O–H groups in total. The van der Waals surface area contributed by atoms with Crippen LogP contribution in [-0.2, 0) is 4.74 Å². The van der Waals surface area contributed by atoms with Gasteiger partial charge in [-0.05, 0) is 31.3 Å². The molecule has 0 aromatic rings. The van der Waals surface area contributed by atoms with Gasteiger partial charge in [0, 0.05) is 10.8 Å². The maximum atomic E-state index is 10.2. The lowest BCUT2D eigenvalue weighted by Crippen LogP contribution is -2.00. The lowest BCUT2D eigenvalue weighted by molar-refractivity contribution is 0.196. The monoisotopic (exact) mass is 318 g/mol. The molecular weight excluding hydrogens is 315 g/mol. The van der Waals surface area contributed by atoms with Crippen LogP contribution in [0.3, 0.4) is 0 Å². The maximum Gasteiger partial charge on any atom is 0.290 e. The topological polar surface area (TPSA) is 26.3 Å². The fourth-order valence-corrected chi connectivity index (χ4v) is 5.38. The molecular formula is C4H5Cl3O2S4. The summed E-state index contributed by atoms with van der Waals surface area (Å²) in [5.74, 6) is 0.477. The number of halogens is 3. The minimum absolute atomic E-state index is 0.308. The van der Waals surface area contributed by atoms with Crippen molar-refractivity contribution in [3.05, 3.63) is 0 Å². The van der Waals surface area contributed by atoms with Gasteiger partial charge in [0.1, 0.15) is 10.8 Å². The van der Waals surface area contributed by atoms with Crippen LogP contribution in [-0.4, -0.2) is 22.0 Å². The quantitative estimate of drug-likeness (QED) is 0.220. The highest BCUT2D eigenvalue weighted by atomic mass is 35.5. The van der Waals surface area contributed by atoms with E-state index in [1.807, 2.05) is 0 Å². The Hall–Kier alpha value is 1.90. The number of alkyl halides is 2. The third kappa shape index (κ3) is 13.9. The van der Waals surface area contributed by atoms with E-state index >= 15 is 0 Å². The van der Waals surface area contributed by atoms with E-state index in [9.17, 15) is 4.79 Å². The minimum Gasteiger partial charge on any atom is -0.367 e. The molecule has 0 heterocycles. The molecule has 78 valence electrons. The molecule has 0 aliphatic rings. The first-order chi connectivity index (χ1) is 6.13. The van der Waals surface area contributed by atoms with Crippen molar-refractivity contribution in [2.24, 2.45) is 0 Å². The van der Waals surface area contributed by atoms with Crippen molar-refractivity contribution in [2.75, 3.05) is 12.5 Å². The summed E-state index contributed by atoms with van der Waals surface area (Å²) in [7, 11) is 5.12. The van der Waals surface area contributed by atoms with Crippen LogP contribution in [0.15, 0.2) is 0 Å². The van der Waals surface area contributed by atoms with Gasteiger partial charge in [-0.15, -0.1) is 23.2 Å². The number of hydrogen-bond acceptors (Lipinski definition) is 6. The molecule has 0 rings (SSSR count). The first kappa shape index (κ1) is 14.9. The molecule has 0 aliphatic carbocycles. The van der Waals surface area contributed by atoms with Crippen LogP contribution in [0.2, 0.25) is 0 Å². The molecule has 0 bridgehead atoms. The summed E-state index contributed by atoms with van der Waals surface area (Å²) in [5.41, 5.74) is 0. The van der Waals surface area contributed by atoms with E-state index in [-0.39, 0.29) is 0 Å². The Balaban J connectivity index is 2.96. The minimum atomic E-state index is -0.489. The molecule has 0 aromatic heterocycles. The van der Waals surface area contributed by atoms with Gasteiger partial charge in [0.05, 0.1) is 6.61 Å². The van der Waals surface area contributed by atoms with Gasteiger partial charge in [-0.25, -0.2) is 0 Å². The molecule has 0 aromatic carbocycles. The van der Waals surface area contributed by atoms with E-state index in [1.54, 1.807) is 0 Å². The largest absolute Gasteiger partial charge is 0.367 e. The predicted molar refractivity (Wildman–Crippen MR) is 67.9 cm³/mol. The van der Waals surface area contributed by atoms with Gasteiger partial charge in [0.2, 0.25) is 0 Å². The molecule has 0 spiro atoms. The molecule has 0 saturated heterocycles. The highest BCUT2D eigenvalue weighted by molar-refractivity contribution is 9.27. The van der Waals surface area contributed by atoms with Crippen LogP contribution in [0.5, 0.6) is 0 Å². The summed E-state index contributed by atoms with van der Waals surface area (Å²) in [6.45, 7) is 0.308. The van der Waals surface area contributed by atoms with Crippen LogP contribution in [0, 0.1) is 0 Å². The van der Waals surface area contributed by atoms with E-state index < -0.39 is 9.41 Å². The molecule has 9 heteroatoms. The van der Waals surface area contributed by atoms with E-state index in [0.717, 1.165) is 10.8 Å². The molecule has 0 unspecified atom stereocenters. The number of carbonyl (C=O) groups is 1. The van der Waals surface area contributed by atoms with Crippen LogP contribution >= 0.6 is 76.0 Å². The van der Waals surface area contributed by atoms with E-state index in [2.05, 4.69) is 0 Å². The lowest BCUT2D eigenvalue weighted by atomic mass is 10.9. The molecule has 0 amide bonds. The first-order valence-corrected chi connectivity index (χ1v) is 9.04. The Morgan fingerprint density at radius 3 is 2.62 bits per heavy atom. The number of ether oxygens (including phenoxy) is 1. The van der Waals surface area contributed by atoms with E-state index in [1.165, 1.54) is 30.4 Å². The zero-order valence-electron chi connectivity index (χ0n) is 6.07. The van der Waals surface area contributed by atoms with Gasteiger partial charge in [0.25, 0.3) is 4.57 Å². The zero-order chi connectivity index (χ0) is 10.1. The molecule has 2 nitrogen and oxygen atoms in total. The fraction of sp³-hybridized carbons (Fsp3) is 0.750. The molecule has 0 saturated carbocycles. The van der Waals surface area contributed by atoms with Gasteiger partial charge in [-0.3, -0.25) is 4.79 Å². The maximum absolute atomic E-state index is 10.2. The SMILES string of the molecule is O=C(Cl)SSSSCOCC(Cl)Cl. The van der Waals surface area contributed by atoms with Crippen molar-refractivity contribution in [2.45, 2.75) is 4.84 Å². The second-order valence-corrected chi connectivity index (χ2v) is 9.05.